The van der Waals surface area contributed by atoms with Gasteiger partial charge in [-0.25, -0.2) is 4.39 Å². The molecule has 1 aromatic carbocycles. The first-order valence-electron chi connectivity index (χ1n) is 6.48. The van der Waals surface area contributed by atoms with Gasteiger partial charge < -0.3 is 9.88 Å². The number of halogens is 2. The molecule has 6 heteroatoms. The van der Waals surface area contributed by atoms with Gasteiger partial charge in [-0.3, -0.25) is 9.59 Å². The van der Waals surface area contributed by atoms with Crippen molar-refractivity contribution >= 4 is 27.5 Å². The maximum atomic E-state index is 13.7. The zero-order valence-electron chi connectivity index (χ0n) is 11.4. The number of benzene rings is 1. The summed E-state index contributed by atoms with van der Waals surface area (Å²) >= 11 is 3.20. The Labute approximate surface area is 129 Å². The van der Waals surface area contributed by atoms with E-state index in [9.17, 15) is 14.0 Å². The third kappa shape index (κ3) is 3.78. The quantitative estimate of drug-likeness (QED) is 0.916. The van der Waals surface area contributed by atoms with Gasteiger partial charge in [-0.2, -0.15) is 0 Å². The summed E-state index contributed by atoms with van der Waals surface area (Å²) in [5.41, 5.74) is 0.258. The molecule has 1 N–H and O–H groups in total. The fourth-order valence-corrected chi connectivity index (χ4v) is 2.25. The number of rotatable bonds is 4. The number of hydrogen-bond donors (Lipinski definition) is 1. The van der Waals surface area contributed by atoms with Gasteiger partial charge >= 0.3 is 0 Å². The van der Waals surface area contributed by atoms with E-state index in [0.717, 1.165) is 6.42 Å². The first-order chi connectivity index (χ1) is 10.0. The highest BCUT2D eigenvalue weighted by Gasteiger charge is 2.12. The Kier molecular flexibility index (Phi) is 4.90. The zero-order chi connectivity index (χ0) is 15.4. The molecular weight excluding hydrogens is 339 g/mol. The second-order valence-corrected chi connectivity index (χ2v) is 5.44. The Morgan fingerprint density at radius 1 is 1.33 bits per heavy atom. The van der Waals surface area contributed by atoms with E-state index in [1.807, 2.05) is 6.92 Å². The fraction of sp³-hybridized carbons (Fsp3) is 0.200. The molecular formula is C15H14BrFN2O2. The number of anilines is 1. The van der Waals surface area contributed by atoms with Crippen LogP contribution in [0.4, 0.5) is 10.1 Å². The topological polar surface area (TPSA) is 51.1 Å². The lowest BCUT2D eigenvalue weighted by Gasteiger charge is -2.09. The standard InChI is InChI=1S/C15H14BrFN2O2/c1-2-7-19-9-11(4-6-14(19)20)18-15(21)12-8-10(16)3-5-13(12)17/h3-6,8-9H,2,7H2,1H3,(H,18,21). The van der Waals surface area contributed by atoms with E-state index in [4.69, 9.17) is 0 Å². The van der Waals surface area contributed by atoms with Gasteiger partial charge in [-0.05, 0) is 30.7 Å². The summed E-state index contributed by atoms with van der Waals surface area (Å²) in [7, 11) is 0. The van der Waals surface area contributed by atoms with Gasteiger partial charge in [0.05, 0.1) is 11.3 Å². The van der Waals surface area contributed by atoms with Crippen LogP contribution in [-0.2, 0) is 6.54 Å². The normalized spacial score (nSPS) is 10.4. The van der Waals surface area contributed by atoms with E-state index in [1.54, 1.807) is 6.20 Å². The number of pyridine rings is 1. The van der Waals surface area contributed by atoms with Crippen LogP contribution in [0.3, 0.4) is 0 Å². The van der Waals surface area contributed by atoms with Crippen LogP contribution in [0, 0.1) is 5.82 Å². The second-order valence-electron chi connectivity index (χ2n) is 4.53. The van der Waals surface area contributed by atoms with Crippen LogP contribution in [0.2, 0.25) is 0 Å². The Bertz CT molecular complexity index is 728. The minimum Gasteiger partial charge on any atom is -0.321 e. The average molecular weight is 353 g/mol. The maximum absolute atomic E-state index is 13.7. The Balaban J connectivity index is 2.25. The van der Waals surface area contributed by atoms with Crippen molar-refractivity contribution in [3.63, 3.8) is 0 Å². The minimum atomic E-state index is -0.599. The molecule has 2 aromatic rings. The van der Waals surface area contributed by atoms with Crippen LogP contribution in [0.5, 0.6) is 0 Å². The van der Waals surface area contributed by atoms with E-state index in [1.165, 1.54) is 34.9 Å². The molecule has 0 aliphatic heterocycles. The molecule has 0 unspecified atom stereocenters. The predicted octanol–water partition coefficient (Wildman–Crippen LogP) is 3.41. The second kappa shape index (κ2) is 6.67. The van der Waals surface area contributed by atoms with Gasteiger partial charge in [0.25, 0.3) is 11.5 Å². The predicted molar refractivity (Wildman–Crippen MR) is 83.0 cm³/mol. The Morgan fingerprint density at radius 3 is 2.81 bits per heavy atom. The van der Waals surface area contributed by atoms with Crippen molar-refractivity contribution in [1.29, 1.82) is 0 Å². The van der Waals surface area contributed by atoms with E-state index in [0.29, 0.717) is 16.7 Å². The molecule has 0 aliphatic rings. The molecule has 0 fully saturated rings. The van der Waals surface area contributed by atoms with Crippen molar-refractivity contribution in [2.45, 2.75) is 19.9 Å². The van der Waals surface area contributed by atoms with Gasteiger partial charge in [0.15, 0.2) is 0 Å². The van der Waals surface area contributed by atoms with Crippen molar-refractivity contribution in [2.75, 3.05) is 5.32 Å². The average Bonchev–Trinajstić information content (AvgIpc) is 2.45. The van der Waals surface area contributed by atoms with E-state index >= 15 is 0 Å². The van der Waals surface area contributed by atoms with Crippen LogP contribution in [0.1, 0.15) is 23.7 Å². The third-order valence-corrected chi connectivity index (χ3v) is 3.37. The lowest BCUT2D eigenvalue weighted by molar-refractivity contribution is 0.102. The molecule has 0 saturated heterocycles. The number of aromatic nitrogens is 1. The molecule has 21 heavy (non-hydrogen) atoms. The van der Waals surface area contributed by atoms with E-state index in [2.05, 4.69) is 21.2 Å². The highest BCUT2D eigenvalue weighted by Crippen LogP contribution is 2.17. The molecule has 1 heterocycles. The van der Waals surface area contributed by atoms with Crippen molar-refractivity contribution in [2.24, 2.45) is 0 Å². The zero-order valence-corrected chi connectivity index (χ0v) is 13.0. The minimum absolute atomic E-state index is 0.0578. The van der Waals surface area contributed by atoms with Gasteiger partial charge in [-0.1, -0.05) is 22.9 Å². The lowest BCUT2D eigenvalue weighted by atomic mass is 10.2. The summed E-state index contributed by atoms with van der Waals surface area (Å²) in [6, 6.07) is 7.03. The van der Waals surface area contributed by atoms with Crippen LogP contribution in [-0.4, -0.2) is 10.5 Å². The summed E-state index contributed by atoms with van der Waals surface area (Å²) in [5.74, 6) is -1.16. The summed E-state index contributed by atoms with van der Waals surface area (Å²) in [5, 5.41) is 2.59. The highest BCUT2D eigenvalue weighted by molar-refractivity contribution is 9.10. The number of nitrogens with zero attached hydrogens (tertiary/aromatic N) is 1. The van der Waals surface area contributed by atoms with Gasteiger partial charge in [0, 0.05) is 23.3 Å². The summed E-state index contributed by atoms with van der Waals surface area (Å²) < 4.78 is 15.8. The molecule has 110 valence electrons. The SMILES string of the molecule is CCCn1cc(NC(=O)c2cc(Br)ccc2F)ccc1=O. The van der Waals surface area contributed by atoms with Crippen molar-refractivity contribution in [3.05, 3.63) is 62.7 Å². The summed E-state index contributed by atoms with van der Waals surface area (Å²) in [6.07, 6.45) is 2.36. The molecule has 0 radical (unpaired) electrons. The number of nitrogens with one attached hydrogen (secondary N) is 1. The molecule has 0 aliphatic carbocycles. The molecule has 0 saturated carbocycles. The van der Waals surface area contributed by atoms with E-state index < -0.39 is 11.7 Å². The highest BCUT2D eigenvalue weighted by atomic mass is 79.9. The number of amides is 1. The largest absolute Gasteiger partial charge is 0.321 e. The van der Waals surface area contributed by atoms with Crippen LogP contribution >= 0.6 is 15.9 Å². The van der Waals surface area contributed by atoms with Crippen LogP contribution in [0.15, 0.2) is 45.8 Å². The van der Waals surface area contributed by atoms with Crippen molar-refractivity contribution < 1.29 is 9.18 Å². The monoisotopic (exact) mass is 352 g/mol. The van der Waals surface area contributed by atoms with Crippen LogP contribution in [0.25, 0.3) is 0 Å². The number of aryl methyl sites for hydroxylation is 1. The molecule has 0 spiro atoms. The van der Waals surface area contributed by atoms with Gasteiger partial charge in [0.2, 0.25) is 0 Å². The van der Waals surface area contributed by atoms with Crippen molar-refractivity contribution in [1.82, 2.24) is 4.57 Å². The molecule has 1 amide bonds. The Hall–Kier alpha value is -1.95. The summed E-state index contributed by atoms with van der Waals surface area (Å²) in [6.45, 7) is 2.52. The smallest absolute Gasteiger partial charge is 0.258 e. The van der Waals surface area contributed by atoms with Gasteiger partial charge in [-0.15, -0.1) is 0 Å². The van der Waals surface area contributed by atoms with Crippen molar-refractivity contribution in [3.8, 4) is 0 Å². The van der Waals surface area contributed by atoms with Gasteiger partial charge in [0.1, 0.15) is 5.82 Å². The maximum Gasteiger partial charge on any atom is 0.258 e. The number of hydrogen-bond acceptors (Lipinski definition) is 2. The fourth-order valence-electron chi connectivity index (χ4n) is 1.89. The molecule has 4 nitrogen and oxygen atoms in total. The Morgan fingerprint density at radius 2 is 2.10 bits per heavy atom. The first kappa shape index (κ1) is 15.4. The number of carbonyl (C=O) groups is 1. The first-order valence-corrected chi connectivity index (χ1v) is 7.27. The van der Waals surface area contributed by atoms with Crippen LogP contribution < -0.4 is 10.9 Å². The molecule has 0 bridgehead atoms. The van der Waals surface area contributed by atoms with E-state index in [-0.39, 0.29) is 11.1 Å². The molecule has 2 rings (SSSR count). The third-order valence-electron chi connectivity index (χ3n) is 2.88. The lowest BCUT2D eigenvalue weighted by Crippen LogP contribution is -2.20. The summed E-state index contributed by atoms with van der Waals surface area (Å²) in [4.78, 5) is 23.7. The molecule has 0 atom stereocenters. The molecule has 1 aromatic heterocycles. The number of carbonyl (C=O) groups excluding carboxylic acids is 1.